The molecule has 0 aliphatic rings. The van der Waals surface area contributed by atoms with Crippen LogP contribution in [0.4, 0.5) is 13.2 Å². The van der Waals surface area contributed by atoms with E-state index in [1.807, 2.05) is 0 Å². The standard InChI is InChI=1S/C8H6BrF3O2/c9-6-4(2-1-3-5(6)13)7(14)8(10,11)12/h1-3,7,13-14H. The monoisotopic (exact) mass is 270 g/mol. The predicted molar refractivity (Wildman–Crippen MR) is 46.8 cm³/mol. The lowest BCUT2D eigenvalue weighted by molar-refractivity contribution is -0.207. The highest BCUT2D eigenvalue weighted by molar-refractivity contribution is 9.10. The van der Waals surface area contributed by atoms with Crippen LogP contribution in [0.15, 0.2) is 22.7 Å². The third kappa shape index (κ3) is 2.19. The van der Waals surface area contributed by atoms with Crippen molar-refractivity contribution in [3.63, 3.8) is 0 Å². The van der Waals surface area contributed by atoms with Crippen molar-refractivity contribution in [1.29, 1.82) is 0 Å². The van der Waals surface area contributed by atoms with Crippen LogP contribution in [0, 0.1) is 0 Å². The molecule has 0 spiro atoms. The highest BCUT2D eigenvalue weighted by Crippen LogP contribution is 2.38. The maximum Gasteiger partial charge on any atom is 0.418 e. The molecule has 0 fully saturated rings. The van der Waals surface area contributed by atoms with E-state index in [0.29, 0.717) is 0 Å². The van der Waals surface area contributed by atoms with Gasteiger partial charge in [0.05, 0.1) is 4.47 Å². The number of rotatable bonds is 1. The average molecular weight is 271 g/mol. The van der Waals surface area contributed by atoms with Gasteiger partial charge in [0, 0.05) is 5.56 Å². The van der Waals surface area contributed by atoms with Crippen molar-refractivity contribution in [2.45, 2.75) is 12.3 Å². The van der Waals surface area contributed by atoms with Gasteiger partial charge < -0.3 is 10.2 Å². The van der Waals surface area contributed by atoms with Gasteiger partial charge in [-0.15, -0.1) is 0 Å². The molecule has 2 nitrogen and oxygen atoms in total. The minimum absolute atomic E-state index is 0.148. The Bertz CT molecular complexity index is 338. The average Bonchev–Trinajstić information content (AvgIpc) is 2.07. The molecule has 6 heteroatoms. The van der Waals surface area contributed by atoms with Crippen LogP contribution in [0.25, 0.3) is 0 Å². The van der Waals surface area contributed by atoms with E-state index in [9.17, 15) is 13.2 Å². The van der Waals surface area contributed by atoms with Crippen molar-refractivity contribution in [3.8, 4) is 5.75 Å². The number of aliphatic hydroxyl groups is 1. The largest absolute Gasteiger partial charge is 0.507 e. The Morgan fingerprint density at radius 3 is 2.36 bits per heavy atom. The van der Waals surface area contributed by atoms with Crippen molar-refractivity contribution in [2.24, 2.45) is 0 Å². The molecule has 78 valence electrons. The summed E-state index contributed by atoms with van der Waals surface area (Å²) >= 11 is 2.76. The number of hydrogen-bond donors (Lipinski definition) is 2. The highest BCUT2D eigenvalue weighted by atomic mass is 79.9. The second-order valence-corrected chi connectivity index (χ2v) is 3.42. The van der Waals surface area contributed by atoms with Crippen LogP contribution in [0.2, 0.25) is 0 Å². The van der Waals surface area contributed by atoms with E-state index in [-0.39, 0.29) is 10.2 Å². The molecule has 2 N–H and O–H groups in total. The summed E-state index contributed by atoms with van der Waals surface area (Å²) in [4.78, 5) is 0. The third-order valence-electron chi connectivity index (χ3n) is 1.61. The maximum absolute atomic E-state index is 12.1. The van der Waals surface area contributed by atoms with Crippen LogP contribution < -0.4 is 0 Å². The van der Waals surface area contributed by atoms with Gasteiger partial charge >= 0.3 is 6.18 Å². The van der Waals surface area contributed by atoms with E-state index in [1.54, 1.807) is 0 Å². The molecule has 0 heterocycles. The quantitative estimate of drug-likeness (QED) is 0.824. The van der Waals surface area contributed by atoms with Crippen LogP contribution in [0.3, 0.4) is 0 Å². The molecule has 1 rings (SSSR count). The molecule has 0 radical (unpaired) electrons. The van der Waals surface area contributed by atoms with Crippen molar-refractivity contribution in [3.05, 3.63) is 28.2 Å². The number of benzene rings is 1. The van der Waals surface area contributed by atoms with E-state index >= 15 is 0 Å². The molecule has 1 aromatic rings. The molecule has 0 aliphatic heterocycles. The van der Waals surface area contributed by atoms with E-state index in [1.165, 1.54) is 12.1 Å². The smallest absolute Gasteiger partial charge is 0.418 e. The van der Waals surface area contributed by atoms with Gasteiger partial charge in [0.1, 0.15) is 5.75 Å². The minimum atomic E-state index is -4.74. The van der Waals surface area contributed by atoms with Crippen molar-refractivity contribution in [2.75, 3.05) is 0 Å². The molecule has 0 aliphatic carbocycles. The predicted octanol–water partition coefficient (Wildman–Crippen LogP) is 2.75. The van der Waals surface area contributed by atoms with Crippen LogP contribution in [-0.4, -0.2) is 16.4 Å². The zero-order valence-corrected chi connectivity index (χ0v) is 8.30. The zero-order valence-electron chi connectivity index (χ0n) is 6.72. The number of alkyl halides is 3. The van der Waals surface area contributed by atoms with Crippen LogP contribution in [0.5, 0.6) is 5.75 Å². The SMILES string of the molecule is Oc1cccc(C(O)C(F)(F)F)c1Br. The summed E-state index contributed by atoms with van der Waals surface area (Å²) < 4.78 is 36.1. The molecular weight excluding hydrogens is 265 g/mol. The molecule has 0 amide bonds. The van der Waals surface area contributed by atoms with E-state index < -0.39 is 17.8 Å². The van der Waals surface area contributed by atoms with Gasteiger partial charge in [0.25, 0.3) is 0 Å². The lowest BCUT2D eigenvalue weighted by Crippen LogP contribution is -2.20. The first-order valence-electron chi connectivity index (χ1n) is 3.56. The van der Waals surface area contributed by atoms with Gasteiger partial charge in [0.15, 0.2) is 6.10 Å². The molecule has 1 aromatic carbocycles. The summed E-state index contributed by atoms with van der Waals surface area (Å²) in [7, 11) is 0. The summed E-state index contributed by atoms with van der Waals surface area (Å²) in [5, 5.41) is 18.0. The molecule has 0 saturated carbocycles. The van der Waals surface area contributed by atoms with Crippen LogP contribution in [0.1, 0.15) is 11.7 Å². The second kappa shape index (κ2) is 3.78. The van der Waals surface area contributed by atoms with Crippen LogP contribution >= 0.6 is 15.9 Å². The van der Waals surface area contributed by atoms with Crippen molar-refractivity contribution >= 4 is 15.9 Å². The Morgan fingerprint density at radius 2 is 1.86 bits per heavy atom. The summed E-state index contributed by atoms with van der Waals surface area (Å²) in [5.74, 6) is -0.342. The van der Waals surface area contributed by atoms with Crippen molar-refractivity contribution < 1.29 is 23.4 Å². The minimum Gasteiger partial charge on any atom is -0.507 e. The van der Waals surface area contributed by atoms with Gasteiger partial charge in [-0.05, 0) is 22.0 Å². The number of phenols is 1. The topological polar surface area (TPSA) is 40.5 Å². The third-order valence-corrected chi connectivity index (χ3v) is 2.48. The first kappa shape index (κ1) is 11.3. The highest BCUT2D eigenvalue weighted by Gasteiger charge is 2.40. The molecule has 1 atom stereocenters. The molecule has 14 heavy (non-hydrogen) atoms. The van der Waals surface area contributed by atoms with Crippen LogP contribution in [-0.2, 0) is 0 Å². The van der Waals surface area contributed by atoms with E-state index in [2.05, 4.69) is 15.9 Å². The lowest BCUT2D eigenvalue weighted by Gasteiger charge is -2.16. The molecule has 0 aromatic heterocycles. The van der Waals surface area contributed by atoms with Gasteiger partial charge in [0.2, 0.25) is 0 Å². The van der Waals surface area contributed by atoms with Gasteiger partial charge in [-0.25, -0.2) is 0 Å². The Kier molecular flexibility index (Phi) is 3.06. The fourth-order valence-corrected chi connectivity index (χ4v) is 1.41. The molecule has 0 bridgehead atoms. The zero-order chi connectivity index (χ0) is 10.9. The Labute approximate surface area is 86.1 Å². The summed E-state index contributed by atoms with van der Waals surface area (Å²) in [6, 6.07) is 3.53. The molecule has 0 saturated heterocycles. The van der Waals surface area contributed by atoms with Crippen molar-refractivity contribution in [1.82, 2.24) is 0 Å². The first-order chi connectivity index (χ1) is 6.34. The lowest BCUT2D eigenvalue weighted by atomic mass is 10.1. The summed E-state index contributed by atoms with van der Waals surface area (Å²) in [6.07, 6.45) is -7.33. The maximum atomic E-state index is 12.1. The number of aromatic hydroxyl groups is 1. The second-order valence-electron chi connectivity index (χ2n) is 2.62. The Balaban J connectivity index is 3.14. The van der Waals surface area contributed by atoms with Gasteiger partial charge in [-0.2, -0.15) is 13.2 Å². The fraction of sp³-hybridized carbons (Fsp3) is 0.250. The number of aliphatic hydroxyl groups excluding tert-OH is 1. The Hall–Kier alpha value is -0.750. The van der Waals surface area contributed by atoms with E-state index in [0.717, 1.165) is 6.07 Å². The number of phenolic OH excluding ortho intramolecular Hbond substituents is 1. The number of halogens is 4. The molecule has 1 unspecified atom stereocenters. The Morgan fingerprint density at radius 1 is 1.29 bits per heavy atom. The first-order valence-corrected chi connectivity index (χ1v) is 4.35. The van der Waals surface area contributed by atoms with E-state index in [4.69, 9.17) is 10.2 Å². The summed E-state index contributed by atoms with van der Waals surface area (Å²) in [6.45, 7) is 0. The number of hydrogen-bond acceptors (Lipinski definition) is 2. The fourth-order valence-electron chi connectivity index (χ4n) is 0.925. The van der Waals surface area contributed by atoms with Gasteiger partial charge in [-0.1, -0.05) is 12.1 Å². The summed E-state index contributed by atoms with van der Waals surface area (Å²) in [5.41, 5.74) is -0.405. The normalized spacial score (nSPS) is 14.1. The van der Waals surface area contributed by atoms with Gasteiger partial charge in [-0.3, -0.25) is 0 Å². The molecular formula is C8H6BrF3O2.